The lowest BCUT2D eigenvalue weighted by Crippen LogP contribution is -2.39. The molecule has 4 nitrogen and oxygen atoms in total. The summed E-state index contributed by atoms with van der Waals surface area (Å²) in [6, 6.07) is 12.7. The molecule has 1 fully saturated rings. The molecule has 2 aromatic carbocycles. The van der Waals surface area contributed by atoms with Gasteiger partial charge in [-0.25, -0.2) is 4.39 Å². The number of benzene rings is 2. The summed E-state index contributed by atoms with van der Waals surface area (Å²) in [6.07, 6.45) is 0.825. The second kappa shape index (κ2) is 8.76. The average molecular weight is 430 g/mol. The highest BCUT2D eigenvalue weighted by molar-refractivity contribution is 8.08. The zero-order valence-electron chi connectivity index (χ0n) is 16.0. The molecule has 0 saturated carbocycles. The minimum atomic E-state index is -0.516. The van der Waals surface area contributed by atoms with Crippen molar-refractivity contribution in [2.75, 3.05) is 32.6 Å². The van der Waals surface area contributed by atoms with Crippen molar-refractivity contribution in [2.24, 2.45) is 0 Å². The maximum absolute atomic E-state index is 14.4. The summed E-state index contributed by atoms with van der Waals surface area (Å²) in [5.41, 5.74) is 3.82. The van der Waals surface area contributed by atoms with Gasteiger partial charge in [0.1, 0.15) is 17.0 Å². The van der Waals surface area contributed by atoms with Gasteiger partial charge in [-0.1, -0.05) is 35.9 Å². The van der Waals surface area contributed by atoms with Crippen LogP contribution in [0.15, 0.2) is 41.6 Å². The summed E-state index contributed by atoms with van der Waals surface area (Å²) in [7, 11) is 1.96. The van der Waals surface area contributed by atoms with Crippen LogP contribution in [0.1, 0.15) is 16.7 Å². The Labute approximate surface area is 179 Å². The summed E-state index contributed by atoms with van der Waals surface area (Å²) in [6.45, 7) is 2.36. The zero-order valence-corrected chi connectivity index (χ0v) is 17.6. The highest BCUT2D eigenvalue weighted by Gasteiger charge is 2.26. The Morgan fingerprint density at radius 3 is 2.90 bits per heavy atom. The van der Waals surface area contributed by atoms with E-state index in [1.807, 2.05) is 30.1 Å². The van der Waals surface area contributed by atoms with Gasteiger partial charge >= 0.3 is 0 Å². The van der Waals surface area contributed by atoms with Crippen LogP contribution in [-0.4, -0.2) is 43.6 Å². The molecule has 0 radical (unpaired) electrons. The number of thioether (sulfide) groups is 1. The molecule has 150 valence electrons. The summed E-state index contributed by atoms with van der Waals surface area (Å²) in [5.74, 6) is 0.253. The molecule has 2 aliphatic heterocycles. The van der Waals surface area contributed by atoms with Crippen LogP contribution >= 0.6 is 23.4 Å². The Morgan fingerprint density at radius 1 is 1.38 bits per heavy atom. The first kappa shape index (κ1) is 20.2. The van der Waals surface area contributed by atoms with Crippen molar-refractivity contribution in [3.05, 3.63) is 64.1 Å². The smallest absolute Gasteiger partial charge is 0.141 e. The van der Waals surface area contributed by atoms with E-state index < -0.39 is 5.82 Å². The van der Waals surface area contributed by atoms with Crippen molar-refractivity contribution < 1.29 is 9.13 Å². The normalized spacial score (nSPS) is 19.5. The van der Waals surface area contributed by atoms with Gasteiger partial charge in [0, 0.05) is 32.1 Å². The summed E-state index contributed by atoms with van der Waals surface area (Å²) >= 11 is 8.32. The predicted molar refractivity (Wildman–Crippen MR) is 116 cm³/mol. The monoisotopic (exact) mass is 429 g/mol. The highest BCUT2D eigenvalue weighted by atomic mass is 35.5. The lowest BCUT2D eigenvalue weighted by Gasteiger charge is -2.25. The number of nitrogens with zero attached hydrogens (tertiary/aromatic N) is 2. The van der Waals surface area contributed by atoms with Crippen LogP contribution in [0.25, 0.3) is 16.0 Å². The number of morpholine rings is 1. The molecule has 1 saturated heterocycles. The molecule has 0 unspecified atom stereocenters. The molecule has 29 heavy (non-hydrogen) atoms. The van der Waals surface area contributed by atoms with Crippen molar-refractivity contribution in [2.45, 2.75) is 12.5 Å². The maximum Gasteiger partial charge on any atom is 0.141 e. The molecule has 2 aliphatic rings. The zero-order chi connectivity index (χ0) is 20.4. The Balaban J connectivity index is 1.83. The van der Waals surface area contributed by atoms with Crippen LogP contribution in [0.5, 0.6) is 0 Å². The Bertz CT molecular complexity index is 998. The lowest BCUT2D eigenvalue weighted by atomic mass is 9.91. The number of nitriles is 1. The quantitative estimate of drug-likeness (QED) is 0.730. The van der Waals surface area contributed by atoms with E-state index in [9.17, 15) is 4.39 Å². The van der Waals surface area contributed by atoms with Gasteiger partial charge < -0.3 is 15.0 Å². The first-order valence-corrected chi connectivity index (χ1v) is 10.8. The highest BCUT2D eigenvalue weighted by Crippen LogP contribution is 2.45. The van der Waals surface area contributed by atoms with E-state index in [1.54, 1.807) is 17.8 Å². The van der Waals surface area contributed by atoms with Gasteiger partial charge in [-0.05, 0) is 28.8 Å². The van der Waals surface area contributed by atoms with Gasteiger partial charge in [0.05, 0.1) is 29.1 Å². The molecule has 1 N–H and O–H groups in total. The van der Waals surface area contributed by atoms with E-state index in [0.717, 1.165) is 52.5 Å². The molecular formula is C22H21ClFN3OS. The third-order valence-corrected chi connectivity index (χ3v) is 6.95. The first-order chi connectivity index (χ1) is 14.1. The van der Waals surface area contributed by atoms with Gasteiger partial charge in [-0.15, -0.1) is 11.8 Å². The molecule has 0 bridgehead atoms. The van der Waals surface area contributed by atoms with Crippen LogP contribution < -0.4 is 5.32 Å². The lowest BCUT2D eigenvalue weighted by molar-refractivity contribution is 0.0292. The maximum atomic E-state index is 14.4. The fourth-order valence-electron chi connectivity index (χ4n) is 3.67. The van der Waals surface area contributed by atoms with Crippen LogP contribution in [-0.2, 0) is 11.2 Å². The third-order valence-electron chi connectivity index (χ3n) is 5.16. The molecule has 7 heteroatoms. The van der Waals surface area contributed by atoms with Crippen molar-refractivity contribution in [1.82, 2.24) is 10.2 Å². The number of nitrogens with one attached hydrogen (secondary N) is 1. The Morgan fingerprint density at radius 2 is 2.24 bits per heavy atom. The van der Waals surface area contributed by atoms with E-state index >= 15 is 0 Å². The average Bonchev–Trinajstić information content (AvgIpc) is 3.07. The van der Waals surface area contributed by atoms with Crippen molar-refractivity contribution in [3.63, 3.8) is 0 Å². The molecule has 4 rings (SSSR count). The molecule has 0 spiro atoms. The number of rotatable bonds is 4. The summed E-state index contributed by atoms with van der Waals surface area (Å²) < 4.78 is 20.3. The van der Waals surface area contributed by atoms with E-state index in [-0.39, 0.29) is 11.7 Å². The largest absolute Gasteiger partial charge is 0.375 e. The van der Waals surface area contributed by atoms with E-state index in [2.05, 4.69) is 11.4 Å². The van der Waals surface area contributed by atoms with E-state index in [0.29, 0.717) is 11.8 Å². The minimum absolute atomic E-state index is 0.0420. The van der Waals surface area contributed by atoms with Gasteiger partial charge in [-0.3, -0.25) is 0 Å². The Kier molecular flexibility index (Phi) is 6.12. The Hall–Kier alpha value is -2.04. The number of ether oxygens (including phenoxy) is 1. The fraction of sp³-hybridized carbons (Fsp3) is 0.318. The molecule has 2 aromatic rings. The van der Waals surface area contributed by atoms with E-state index in [4.69, 9.17) is 21.6 Å². The topological polar surface area (TPSA) is 48.3 Å². The van der Waals surface area contributed by atoms with Crippen molar-refractivity contribution in [3.8, 4) is 17.2 Å². The SMILES string of the molecule is CN1CSC(c2c(C[C@H]3CNCCO3)cccc2-c2ccc(C#N)c(F)c2)=C1Cl. The van der Waals surface area contributed by atoms with Crippen molar-refractivity contribution >= 4 is 28.3 Å². The van der Waals surface area contributed by atoms with Gasteiger partial charge in [0.25, 0.3) is 0 Å². The molecule has 1 atom stereocenters. The second-order valence-corrected chi connectivity index (χ2v) is 8.45. The molecule has 0 aliphatic carbocycles. The summed E-state index contributed by atoms with van der Waals surface area (Å²) in [4.78, 5) is 2.99. The number of hydrogen-bond donors (Lipinski definition) is 1. The van der Waals surface area contributed by atoms with Gasteiger partial charge in [-0.2, -0.15) is 5.26 Å². The molecule has 0 aromatic heterocycles. The van der Waals surface area contributed by atoms with Crippen molar-refractivity contribution in [1.29, 1.82) is 5.26 Å². The van der Waals surface area contributed by atoms with Crippen LogP contribution in [0.4, 0.5) is 4.39 Å². The predicted octanol–water partition coefficient (Wildman–Crippen LogP) is 4.40. The standard InChI is InChI=1S/C22H21ClFN3OS/c1-27-13-29-21(22(27)23)20-15(9-17-12-26-7-8-28-17)3-2-4-18(20)14-5-6-16(11-25)19(24)10-14/h2-6,10,17,26H,7-9,12-13H2,1H3/t17-/m0/s1. The summed E-state index contributed by atoms with van der Waals surface area (Å²) in [5, 5.41) is 13.1. The minimum Gasteiger partial charge on any atom is -0.375 e. The van der Waals surface area contributed by atoms with Gasteiger partial charge in [0.15, 0.2) is 0 Å². The number of hydrogen-bond acceptors (Lipinski definition) is 5. The fourth-order valence-corrected chi connectivity index (χ4v) is 5.18. The first-order valence-electron chi connectivity index (χ1n) is 9.47. The van der Waals surface area contributed by atoms with E-state index in [1.165, 1.54) is 12.1 Å². The number of halogens is 2. The van der Waals surface area contributed by atoms with Gasteiger partial charge in [0.2, 0.25) is 0 Å². The molecule has 0 amide bonds. The van der Waals surface area contributed by atoms with Crippen LogP contribution in [0.2, 0.25) is 0 Å². The van der Waals surface area contributed by atoms with Crippen LogP contribution in [0.3, 0.4) is 0 Å². The third kappa shape index (κ3) is 4.15. The second-order valence-electron chi connectivity index (χ2n) is 7.14. The van der Waals surface area contributed by atoms with Crippen LogP contribution in [0, 0.1) is 17.1 Å². The molecular weight excluding hydrogens is 409 g/mol. The molecule has 2 heterocycles.